The van der Waals surface area contributed by atoms with E-state index < -0.39 is 24.0 Å². The minimum absolute atomic E-state index is 0.211. The molecule has 16 heavy (non-hydrogen) atoms. The molecule has 0 heterocycles. The lowest BCUT2D eigenvalue weighted by atomic mass is 9.75. The Hall–Kier alpha value is -1.06. The average Bonchev–Trinajstić information content (AvgIpc) is 1.99. The lowest BCUT2D eigenvalue weighted by molar-refractivity contribution is -0.174. The first-order valence-electron chi connectivity index (χ1n) is 5.56. The van der Waals surface area contributed by atoms with Gasteiger partial charge in [0.2, 0.25) is 0 Å². The number of rotatable bonds is 5. The molecule has 0 aromatic rings. The maximum atomic E-state index is 11.4. The standard InChI is InChI=1S/C12H22O4/c1-6-7-12(5,11(2,3)4)16-10(15)8-9(13)14/h6-8H2,1-5H3,(H,13,14). The third kappa shape index (κ3) is 4.21. The molecule has 1 atom stereocenters. The smallest absolute Gasteiger partial charge is 0.317 e. The van der Waals surface area contributed by atoms with Crippen molar-refractivity contribution in [3.63, 3.8) is 0 Å². The normalized spacial score (nSPS) is 15.3. The van der Waals surface area contributed by atoms with E-state index in [1.54, 1.807) is 0 Å². The molecule has 0 radical (unpaired) electrons. The summed E-state index contributed by atoms with van der Waals surface area (Å²) in [7, 11) is 0. The Kier molecular flexibility index (Phi) is 4.97. The van der Waals surface area contributed by atoms with Gasteiger partial charge in [-0.25, -0.2) is 0 Å². The van der Waals surface area contributed by atoms with Gasteiger partial charge in [-0.05, 0) is 13.3 Å². The van der Waals surface area contributed by atoms with Crippen LogP contribution in [0.15, 0.2) is 0 Å². The number of carbonyl (C=O) groups is 2. The van der Waals surface area contributed by atoms with Crippen molar-refractivity contribution in [2.24, 2.45) is 5.41 Å². The number of esters is 1. The summed E-state index contributed by atoms with van der Waals surface area (Å²) in [5.41, 5.74) is -0.828. The first kappa shape index (κ1) is 14.9. The van der Waals surface area contributed by atoms with Gasteiger partial charge in [0.25, 0.3) is 0 Å². The van der Waals surface area contributed by atoms with Crippen LogP contribution in [0, 0.1) is 5.41 Å². The largest absolute Gasteiger partial charge is 0.481 e. The second kappa shape index (κ2) is 5.32. The van der Waals surface area contributed by atoms with Crippen molar-refractivity contribution in [1.82, 2.24) is 0 Å². The molecular formula is C12H22O4. The van der Waals surface area contributed by atoms with Crippen LogP contribution in [-0.4, -0.2) is 22.6 Å². The third-order valence-corrected chi connectivity index (χ3v) is 2.95. The van der Waals surface area contributed by atoms with Crippen LogP contribution in [0.5, 0.6) is 0 Å². The second-order valence-electron chi connectivity index (χ2n) is 5.28. The number of ether oxygens (including phenoxy) is 1. The number of aliphatic carboxylic acids is 1. The molecule has 0 aliphatic rings. The Labute approximate surface area is 97.0 Å². The van der Waals surface area contributed by atoms with Gasteiger partial charge in [0, 0.05) is 5.41 Å². The van der Waals surface area contributed by atoms with E-state index in [4.69, 9.17) is 9.84 Å². The van der Waals surface area contributed by atoms with Crippen molar-refractivity contribution in [3.8, 4) is 0 Å². The van der Waals surface area contributed by atoms with Crippen LogP contribution < -0.4 is 0 Å². The number of hydrogen-bond acceptors (Lipinski definition) is 3. The van der Waals surface area contributed by atoms with Crippen LogP contribution in [0.1, 0.15) is 53.9 Å². The van der Waals surface area contributed by atoms with E-state index in [1.165, 1.54) is 0 Å². The van der Waals surface area contributed by atoms with Gasteiger partial charge >= 0.3 is 11.9 Å². The Morgan fingerprint density at radius 1 is 1.19 bits per heavy atom. The molecule has 0 aromatic heterocycles. The molecule has 1 N–H and O–H groups in total. The molecule has 0 aliphatic carbocycles. The van der Waals surface area contributed by atoms with Gasteiger partial charge in [-0.1, -0.05) is 34.1 Å². The minimum atomic E-state index is -1.15. The minimum Gasteiger partial charge on any atom is -0.481 e. The fourth-order valence-corrected chi connectivity index (χ4v) is 1.47. The highest BCUT2D eigenvalue weighted by Crippen LogP contribution is 2.37. The average molecular weight is 230 g/mol. The molecule has 0 spiro atoms. The van der Waals surface area contributed by atoms with Gasteiger partial charge in [-0.3, -0.25) is 9.59 Å². The van der Waals surface area contributed by atoms with Gasteiger partial charge in [0.1, 0.15) is 12.0 Å². The molecule has 0 aliphatic heterocycles. The molecule has 0 aromatic carbocycles. The number of carboxylic acids is 1. The fraction of sp³-hybridized carbons (Fsp3) is 0.833. The first-order valence-corrected chi connectivity index (χ1v) is 5.56. The lowest BCUT2D eigenvalue weighted by Crippen LogP contribution is -2.44. The first-order chi connectivity index (χ1) is 7.12. The van der Waals surface area contributed by atoms with Gasteiger partial charge in [-0.15, -0.1) is 0 Å². The summed E-state index contributed by atoms with van der Waals surface area (Å²) in [4.78, 5) is 21.8. The Balaban J connectivity index is 4.69. The van der Waals surface area contributed by atoms with E-state index in [0.29, 0.717) is 0 Å². The van der Waals surface area contributed by atoms with E-state index in [-0.39, 0.29) is 5.41 Å². The molecule has 0 bridgehead atoms. The maximum Gasteiger partial charge on any atom is 0.317 e. The highest BCUT2D eigenvalue weighted by molar-refractivity contribution is 5.90. The van der Waals surface area contributed by atoms with Crippen LogP contribution in [0.25, 0.3) is 0 Å². The highest BCUT2D eigenvalue weighted by atomic mass is 16.6. The Bertz CT molecular complexity index is 265. The molecule has 0 fully saturated rings. The van der Waals surface area contributed by atoms with Crippen LogP contribution in [0.2, 0.25) is 0 Å². The summed E-state index contributed by atoms with van der Waals surface area (Å²) < 4.78 is 5.33. The Morgan fingerprint density at radius 3 is 2.00 bits per heavy atom. The molecule has 94 valence electrons. The zero-order valence-electron chi connectivity index (χ0n) is 10.8. The zero-order valence-corrected chi connectivity index (χ0v) is 10.8. The summed E-state index contributed by atoms with van der Waals surface area (Å²) in [6.45, 7) is 9.81. The van der Waals surface area contributed by atoms with Crippen molar-refractivity contribution < 1.29 is 19.4 Å². The van der Waals surface area contributed by atoms with Gasteiger partial charge in [-0.2, -0.15) is 0 Å². The summed E-state index contributed by atoms with van der Waals surface area (Å²) >= 11 is 0. The van der Waals surface area contributed by atoms with E-state index in [2.05, 4.69) is 0 Å². The maximum absolute atomic E-state index is 11.4. The highest BCUT2D eigenvalue weighted by Gasteiger charge is 2.40. The molecule has 4 nitrogen and oxygen atoms in total. The van der Waals surface area contributed by atoms with Crippen molar-refractivity contribution in [2.75, 3.05) is 0 Å². The molecule has 0 saturated heterocycles. The van der Waals surface area contributed by atoms with Crippen molar-refractivity contribution in [2.45, 2.75) is 59.5 Å². The van der Waals surface area contributed by atoms with E-state index in [0.717, 1.165) is 12.8 Å². The molecule has 0 rings (SSSR count). The van der Waals surface area contributed by atoms with Crippen LogP contribution in [0.4, 0.5) is 0 Å². The summed E-state index contributed by atoms with van der Waals surface area (Å²) in [5.74, 6) is -1.82. The van der Waals surface area contributed by atoms with Crippen LogP contribution in [-0.2, 0) is 14.3 Å². The van der Waals surface area contributed by atoms with Crippen molar-refractivity contribution in [3.05, 3.63) is 0 Å². The number of carbonyl (C=O) groups excluding carboxylic acids is 1. The van der Waals surface area contributed by atoms with Crippen LogP contribution >= 0.6 is 0 Å². The number of hydrogen-bond donors (Lipinski definition) is 1. The Morgan fingerprint density at radius 2 is 1.69 bits per heavy atom. The topological polar surface area (TPSA) is 63.6 Å². The van der Waals surface area contributed by atoms with E-state index >= 15 is 0 Å². The predicted molar refractivity (Wildman–Crippen MR) is 61.1 cm³/mol. The van der Waals surface area contributed by atoms with Crippen molar-refractivity contribution >= 4 is 11.9 Å². The molecule has 0 amide bonds. The SMILES string of the molecule is CCCC(C)(OC(=O)CC(=O)O)C(C)(C)C. The summed E-state index contributed by atoms with van der Waals surface area (Å²) in [6.07, 6.45) is 1.03. The van der Waals surface area contributed by atoms with Gasteiger partial charge in [0.15, 0.2) is 0 Å². The fourth-order valence-electron chi connectivity index (χ4n) is 1.47. The third-order valence-electron chi connectivity index (χ3n) is 2.95. The lowest BCUT2D eigenvalue weighted by Gasteiger charge is -2.41. The van der Waals surface area contributed by atoms with Crippen molar-refractivity contribution in [1.29, 1.82) is 0 Å². The summed E-state index contributed by atoms with van der Waals surface area (Å²) in [6, 6.07) is 0. The molecular weight excluding hydrogens is 208 g/mol. The molecule has 0 saturated carbocycles. The van der Waals surface area contributed by atoms with Crippen LogP contribution in [0.3, 0.4) is 0 Å². The van der Waals surface area contributed by atoms with Gasteiger partial charge < -0.3 is 9.84 Å². The molecule has 1 unspecified atom stereocenters. The van der Waals surface area contributed by atoms with Gasteiger partial charge in [0.05, 0.1) is 0 Å². The quantitative estimate of drug-likeness (QED) is 0.582. The predicted octanol–water partition coefficient (Wildman–Crippen LogP) is 2.61. The zero-order chi connectivity index (χ0) is 13.0. The second-order valence-corrected chi connectivity index (χ2v) is 5.28. The number of carboxylic acid groups (broad SMARTS) is 1. The monoisotopic (exact) mass is 230 g/mol. The summed E-state index contributed by atoms with van der Waals surface area (Å²) in [5, 5.41) is 8.51. The van der Waals surface area contributed by atoms with E-state index in [1.807, 2.05) is 34.6 Å². The van der Waals surface area contributed by atoms with E-state index in [9.17, 15) is 9.59 Å². The molecule has 4 heteroatoms.